The molecule has 1 amide bonds. The Hall–Kier alpha value is -2.48. The van der Waals surface area contributed by atoms with E-state index in [9.17, 15) is 9.90 Å². The van der Waals surface area contributed by atoms with Crippen LogP contribution in [0.2, 0.25) is 0 Å². The molecule has 1 aliphatic rings. The molecule has 0 aromatic carbocycles. The lowest BCUT2D eigenvalue weighted by Crippen LogP contribution is -2.54. The molecule has 24 heavy (non-hydrogen) atoms. The largest absolute Gasteiger partial charge is 0.386 e. The Kier molecular flexibility index (Phi) is 4.75. The molecule has 2 aromatic rings. The predicted molar refractivity (Wildman–Crippen MR) is 86.4 cm³/mol. The number of hydrogen-bond acceptors (Lipinski definition) is 7. The SMILES string of the molecule is Cc1nonc1CC(=O)NC[C@]1(O)CCCN(c2ccccn2)C1. The fraction of sp³-hybridized carbons (Fsp3) is 0.500. The second-order valence-electron chi connectivity index (χ2n) is 6.19. The van der Waals surface area contributed by atoms with Crippen molar-refractivity contribution in [2.75, 3.05) is 24.5 Å². The number of carbonyl (C=O) groups excluding carboxylic acids is 1. The van der Waals surface area contributed by atoms with Crippen LogP contribution in [0.15, 0.2) is 29.0 Å². The van der Waals surface area contributed by atoms with Gasteiger partial charge in [-0.3, -0.25) is 4.79 Å². The van der Waals surface area contributed by atoms with Crippen molar-refractivity contribution >= 4 is 11.7 Å². The number of nitrogens with zero attached hydrogens (tertiary/aromatic N) is 4. The summed E-state index contributed by atoms with van der Waals surface area (Å²) in [6.07, 6.45) is 3.31. The van der Waals surface area contributed by atoms with Gasteiger partial charge in [-0.25, -0.2) is 9.61 Å². The molecule has 1 saturated heterocycles. The Balaban J connectivity index is 1.55. The molecule has 1 aliphatic heterocycles. The third-order valence-electron chi connectivity index (χ3n) is 4.22. The van der Waals surface area contributed by atoms with E-state index in [2.05, 4.69) is 25.2 Å². The summed E-state index contributed by atoms with van der Waals surface area (Å²) >= 11 is 0. The number of aromatic nitrogens is 3. The van der Waals surface area contributed by atoms with Crippen LogP contribution in [-0.4, -0.2) is 51.5 Å². The zero-order valence-corrected chi connectivity index (χ0v) is 13.6. The highest BCUT2D eigenvalue weighted by molar-refractivity contribution is 5.78. The molecule has 8 nitrogen and oxygen atoms in total. The van der Waals surface area contributed by atoms with Crippen molar-refractivity contribution in [3.63, 3.8) is 0 Å². The van der Waals surface area contributed by atoms with Crippen LogP contribution in [-0.2, 0) is 11.2 Å². The highest BCUT2D eigenvalue weighted by atomic mass is 16.6. The van der Waals surface area contributed by atoms with Crippen molar-refractivity contribution in [3.05, 3.63) is 35.8 Å². The molecule has 2 N–H and O–H groups in total. The van der Waals surface area contributed by atoms with Gasteiger partial charge in [-0.05, 0) is 31.9 Å². The molecule has 3 rings (SSSR count). The topological polar surface area (TPSA) is 104 Å². The van der Waals surface area contributed by atoms with E-state index in [1.807, 2.05) is 23.1 Å². The first-order valence-electron chi connectivity index (χ1n) is 7.99. The minimum atomic E-state index is -0.970. The van der Waals surface area contributed by atoms with E-state index in [-0.39, 0.29) is 18.9 Å². The van der Waals surface area contributed by atoms with Gasteiger partial charge in [0.2, 0.25) is 5.91 Å². The third-order valence-corrected chi connectivity index (χ3v) is 4.22. The maximum absolute atomic E-state index is 12.0. The smallest absolute Gasteiger partial charge is 0.226 e. The van der Waals surface area contributed by atoms with Gasteiger partial charge in [0.05, 0.1) is 12.0 Å². The van der Waals surface area contributed by atoms with Gasteiger partial charge < -0.3 is 15.3 Å². The third kappa shape index (κ3) is 3.88. The van der Waals surface area contributed by atoms with E-state index in [1.54, 1.807) is 13.1 Å². The predicted octanol–water partition coefficient (Wildman–Crippen LogP) is 0.463. The Labute approximate surface area is 139 Å². The molecule has 0 unspecified atom stereocenters. The summed E-state index contributed by atoms with van der Waals surface area (Å²) in [5.74, 6) is 0.628. The Morgan fingerprint density at radius 3 is 3.04 bits per heavy atom. The number of amides is 1. The Bertz CT molecular complexity index is 690. The van der Waals surface area contributed by atoms with Crippen LogP contribution in [0.3, 0.4) is 0 Å². The number of nitrogens with one attached hydrogen (secondary N) is 1. The van der Waals surface area contributed by atoms with Crippen molar-refractivity contribution in [3.8, 4) is 0 Å². The molecule has 2 aromatic heterocycles. The summed E-state index contributed by atoms with van der Waals surface area (Å²) in [6, 6.07) is 5.71. The number of rotatable bonds is 5. The summed E-state index contributed by atoms with van der Waals surface area (Å²) in [7, 11) is 0. The number of piperidine rings is 1. The van der Waals surface area contributed by atoms with Gasteiger partial charge in [-0.2, -0.15) is 0 Å². The van der Waals surface area contributed by atoms with Gasteiger partial charge in [0, 0.05) is 25.8 Å². The maximum atomic E-state index is 12.0. The minimum absolute atomic E-state index is 0.0926. The molecule has 0 bridgehead atoms. The molecule has 0 saturated carbocycles. The number of pyridine rings is 1. The second-order valence-corrected chi connectivity index (χ2v) is 6.19. The van der Waals surface area contributed by atoms with Crippen LogP contribution in [0.1, 0.15) is 24.2 Å². The van der Waals surface area contributed by atoms with Crippen LogP contribution >= 0.6 is 0 Å². The fourth-order valence-corrected chi connectivity index (χ4v) is 2.88. The van der Waals surface area contributed by atoms with Gasteiger partial charge in [0.25, 0.3) is 0 Å². The fourth-order valence-electron chi connectivity index (χ4n) is 2.88. The number of hydrogen-bond donors (Lipinski definition) is 2. The normalized spacial score (nSPS) is 20.8. The maximum Gasteiger partial charge on any atom is 0.226 e. The van der Waals surface area contributed by atoms with Gasteiger partial charge in [0.1, 0.15) is 17.2 Å². The van der Waals surface area contributed by atoms with Crippen LogP contribution in [0.5, 0.6) is 0 Å². The van der Waals surface area contributed by atoms with E-state index in [1.165, 1.54) is 0 Å². The number of aliphatic hydroxyl groups is 1. The lowest BCUT2D eigenvalue weighted by atomic mass is 9.92. The van der Waals surface area contributed by atoms with Crippen molar-refractivity contribution < 1.29 is 14.5 Å². The van der Waals surface area contributed by atoms with E-state index in [4.69, 9.17) is 0 Å². The van der Waals surface area contributed by atoms with Crippen molar-refractivity contribution in [2.45, 2.75) is 31.8 Å². The monoisotopic (exact) mass is 331 g/mol. The highest BCUT2D eigenvalue weighted by Crippen LogP contribution is 2.24. The first kappa shape index (κ1) is 16.4. The summed E-state index contributed by atoms with van der Waals surface area (Å²) in [4.78, 5) is 18.4. The van der Waals surface area contributed by atoms with Gasteiger partial charge in [-0.15, -0.1) is 0 Å². The van der Waals surface area contributed by atoms with E-state index < -0.39 is 5.60 Å². The zero-order valence-electron chi connectivity index (χ0n) is 13.6. The molecular weight excluding hydrogens is 310 g/mol. The molecule has 8 heteroatoms. The molecule has 1 atom stereocenters. The molecule has 3 heterocycles. The summed E-state index contributed by atoms with van der Waals surface area (Å²) in [5.41, 5.74) is 0.142. The first-order chi connectivity index (χ1) is 11.6. The summed E-state index contributed by atoms with van der Waals surface area (Å²) in [5, 5.41) is 20.9. The van der Waals surface area contributed by atoms with Crippen molar-refractivity contribution in [2.24, 2.45) is 0 Å². The second kappa shape index (κ2) is 6.96. The van der Waals surface area contributed by atoms with Crippen molar-refractivity contribution in [1.82, 2.24) is 20.6 Å². The van der Waals surface area contributed by atoms with Crippen molar-refractivity contribution in [1.29, 1.82) is 0 Å². The molecular formula is C16H21N5O3. The van der Waals surface area contributed by atoms with E-state index in [0.29, 0.717) is 24.4 Å². The molecule has 1 fully saturated rings. The molecule has 0 aliphatic carbocycles. The molecule has 0 radical (unpaired) electrons. The standard InChI is InChI=1S/C16H21N5O3/c1-12-13(20-24-19-12)9-15(22)18-10-16(23)6-4-8-21(11-16)14-5-2-3-7-17-14/h2-3,5,7,23H,4,6,8-11H2,1H3,(H,18,22)/t16-/m1/s1. The lowest BCUT2D eigenvalue weighted by Gasteiger charge is -2.39. The summed E-state index contributed by atoms with van der Waals surface area (Å²) in [6.45, 7) is 3.21. The van der Waals surface area contributed by atoms with E-state index >= 15 is 0 Å². The van der Waals surface area contributed by atoms with E-state index in [0.717, 1.165) is 18.8 Å². The van der Waals surface area contributed by atoms with Gasteiger partial charge in [-0.1, -0.05) is 16.4 Å². The summed E-state index contributed by atoms with van der Waals surface area (Å²) < 4.78 is 4.58. The molecule has 0 spiro atoms. The van der Waals surface area contributed by atoms with Crippen LogP contribution in [0, 0.1) is 6.92 Å². The van der Waals surface area contributed by atoms with Gasteiger partial charge in [0.15, 0.2) is 0 Å². The first-order valence-corrected chi connectivity index (χ1v) is 7.99. The van der Waals surface area contributed by atoms with Crippen LogP contribution in [0.4, 0.5) is 5.82 Å². The lowest BCUT2D eigenvalue weighted by molar-refractivity contribution is -0.121. The minimum Gasteiger partial charge on any atom is -0.386 e. The number of carbonyl (C=O) groups is 1. The Morgan fingerprint density at radius 1 is 1.46 bits per heavy atom. The van der Waals surface area contributed by atoms with Gasteiger partial charge >= 0.3 is 0 Å². The number of anilines is 1. The zero-order chi connectivity index (χ0) is 17.0. The highest BCUT2D eigenvalue weighted by Gasteiger charge is 2.34. The number of β-amino-alcohol motifs (C(OH)–C–C–N with tert-alkyl or cyclic N) is 1. The quantitative estimate of drug-likeness (QED) is 0.820. The average molecular weight is 331 g/mol. The average Bonchev–Trinajstić information content (AvgIpc) is 2.99. The molecule has 128 valence electrons. The van der Waals surface area contributed by atoms with Crippen LogP contribution < -0.4 is 10.2 Å². The number of aryl methyl sites for hydroxylation is 1. The Morgan fingerprint density at radius 2 is 2.33 bits per heavy atom. The van der Waals surface area contributed by atoms with Crippen LogP contribution in [0.25, 0.3) is 0 Å².